The van der Waals surface area contributed by atoms with Gasteiger partial charge in [-0.1, -0.05) is 13.8 Å². The van der Waals surface area contributed by atoms with Crippen molar-refractivity contribution in [2.75, 3.05) is 45.8 Å². The quantitative estimate of drug-likeness (QED) is 0.716. The van der Waals surface area contributed by atoms with Crippen LogP contribution in [0.15, 0.2) is 0 Å². The van der Waals surface area contributed by atoms with Crippen LogP contribution in [0, 0.1) is 0 Å². The molecule has 0 bridgehead atoms. The first-order valence-corrected chi connectivity index (χ1v) is 7.34. The minimum Gasteiger partial charge on any atom is -0.339 e. The summed E-state index contributed by atoms with van der Waals surface area (Å²) in [5, 5.41) is 0. The van der Waals surface area contributed by atoms with Gasteiger partial charge in [-0.2, -0.15) is 0 Å². The standard InChI is InChI=1S/C14H27N3O2/c1-4-6-15(7-5-2)12-14(19)17-10-8-16(9-11-17)13(3)18/h4-12H2,1-3H3. The zero-order valence-corrected chi connectivity index (χ0v) is 12.5. The molecular formula is C14H27N3O2. The van der Waals surface area contributed by atoms with Crippen LogP contribution in [0.4, 0.5) is 0 Å². The zero-order chi connectivity index (χ0) is 14.3. The number of piperazine rings is 1. The van der Waals surface area contributed by atoms with Crippen molar-refractivity contribution in [3.05, 3.63) is 0 Å². The smallest absolute Gasteiger partial charge is 0.236 e. The molecule has 0 aliphatic carbocycles. The Kier molecular flexibility index (Phi) is 6.84. The average Bonchev–Trinajstić information content (AvgIpc) is 2.39. The van der Waals surface area contributed by atoms with E-state index in [0.29, 0.717) is 32.7 Å². The summed E-state index contributed by atoms with van der Waals surface area (Å²) < 4.78 is 0. The molecule has 1 rings (SSSR count). The summed E-state index contributed by atoms with van der Waals surface area (Å²) in [7, 11) is 0. The molecule has 5 nitrogen and oxygen atoms in total. The van der Waals surface area contributed by atoms with Crippen molar-refractivity contribution in [3.8, 4) is 0 Å². The number of hydrogen-bond acceptors (Lipinski definition) is 3. The number of rotatable bonds is 6. The molecule has 0 aromatic heterocycles. The van der Waals surface area contributed by atoms with Gasteiger partial charge in [0.05, 0.1) is 6.54 Å². The van der Waals surface area contributed by atoms with Gasteiger partial charge < -0.3 is 9.80 Å². The van der Waals surface area contributed by atoms with E-state index in [2.05, 4.69) is 18.7 Å². The monoisotopic (exact) mass is 269 g/mol. The molecule has 110 valence electrons. The minimum absolute atomic E-state index is 0.102. The fraction of sp³-hybridized carbons (Fsp3) is 0.857. The lowest BCUT2D eigenvalue weighted by Gasteiger charge is -2.35. The molecular weight excluding hydrogens is 242 g/mol. The summed E-state index contributed by atoms with van der Waals surface area (Å²) in [6.45, 7) is 11.0. The Morgan fingerprint density at radius 2 is 1.42 bits per heavy atom. The van der Waals surface area contributed by atoms with Gasteiger partial charge in [0.15, 0.2) is 0 Å². The third-order valence-electron chi connectivity index (χ3n) is 3.52. The Hall–Kier alpha value is -1.10. The number of carbonyl (C=O) groups is 2. The maximum atomic E-state index is 12.2. The molecule has 0 N–H and O–H groups in total. The highest BCUT2D eigenvalue weighted by Gasteiger charge is 2.23. The molecule has 0 aromatic carbocycles. The molecule has 1 fully saturated rings. The van der Waals surface area contributed by atoms with E-state index in [4.69, 9.17) is 0 Å². The second kappa shape index (κ2) is 8.15. The van der Waals surface area contributed by atoms with Crippen LogP contribution in [0.3, 0.4) is 0 Å². The summed E-state index contributed by atoms with van der Waals surface area (Å²) >= 11 is 0. The molecule has 1 aliphatic rings. The van der Waals surface area contributed by atoms with Crippen LogP contribution in [0.1, 0.15) is 33.6 Å². The number of hydrogen-bond donors (Lipinski definition) is 0. The normalized spacial score (nSPS) is 16.0. The molecule has 0 spiro atoms. The van der Waals surface area contributed by atoms with Crippen LogP contribution < -0.4 is 0 Å². The van der Waals surface area contributed by atoms with E-state index in [1.807, 2.05) is 4.90 Å². The van der Waals surface area contributed by atoms with Gasteiger partial charge in [-0.15, -0.1) is 0 Å². The van der Waals surface area contributed by atoms with E-state index >= 15 is 0 Å². The van der Waals surface area contributed by atoms with Gasteiger partial charge in [-0.25, -0.2) is 0 Å². The highest BCUT2D eigenvalue weighted by Crippen LogP contribution is 2.04. The van der Waals surface area contributed by atoms with Crippen molar-refractivity contribution < 1.29 is 9.59 Å². The predicted octanol–water partition coefficient (Wildman–Crippen LogP) is 0.799. The molecule has 19 heavy (non-hydrogen) atoms. The van der Waals surface area contributed by atoms with E-state index in [1.165, 1.54) is 0 Å². The first-order valence-electron chi connectivity index (χ1n) is 7.34. The van der Waals surface area contributed by atoms with Crippen LogP contribution in [-0.2, 0) is 9.59 Å². The van der Waals surface area contributed by atoms with Gasteiger partial charge in [0.1, 0.15) is 0 Å². The van der Waals surface area contributed by atoms with Crippen molar-refractivity contribution in [1.82, 2.24) is 14.7 Å². The topological polar surface area (TPSA) is 43.9 Å². The molecule has 0 atom stereocenters. The summed E-state index contributed by atoms with van der Waals surface area (Å²) in [5.41, 5.74) is 0. The van der Waals surface area contributed by atoms with E-state index in [1.54, 1.807) is 11.8 Å². The first kappa shape index (κ1) is 16.0. The maximum Gasteiger partial charge on any atom is 0.236 e. The third-order valence-corrected chi connectivity index (χ3v) is 3.52. The minimum atomic E-state index is 0.102. The molecule has 0 saturated carbocycles. The maximum absolute atomic E-state index is 12.2. The van der Waals surface area contributed by atoms with Gasteiger partial charge in [0.2, 0.25) is 11.8 Å². The predicted molar refractivity (Wildman–Crippen MR) is 75.9 cm³/mol. The zero-order valence-electron chi connectivity index (χ0n) is 12.5. The lowest BCUT2D eigenvalue weighted by atomic mass is 10.3. The molecule has 1 saturated heterocycles. The van der Waals surface area contributed by atoms with Crippen LogP contribution >= 0.6 is 0 Å². The van der Waals surface area contributed by atoms with Crippen LogP contribution in [0.2, 0.25) is 0 Å². The van der Waals surface area contributed by atoms with Gasteiger partial charge in [0.25, 0.3) is 0 Å². The number of carbonyl (C=O) groups excluding carboxylic acids is 2. The highest BCUT2D eigenvalue weighted by atomic mass is 16.2. The number of nitrogens with zero attached hydrogens (tertiary/aromatic N) is 3. The van der Waals surface area contributed by atoms with E-state index in [9.17, 15) is 9.59 Å². The van der Waals surface area contributed by atoms with Gasteiger partial charge in [0, 0.05) is 33.1 Å². The summed E-state index contributed by atoms with van der Waals surface area (Å²) in [5.74, 6) is 0.302. The molecule has 2 amide bonds. The largest absolute Gasteiger partial charge is 0.339 e. The highest BCUT2D eigenvalue weighted by molar-refractivity contribution is 5.79. The summed E-state index contributed by atoms with van der Waals surface area (Å²) in [6.07, 6.45) is 2.15. The fourth-order valence-corrected chi connectivity index (χ4v) is 2.46. The Morgan fingerprint density at radius 1 is 0.947 bits per heavy atom. The Labute approximate surface area is 116 Å². The van der Waals surface area contributed by atoms with E-state index < -0.39 is 0 Å². The molecule has 5 heteroatoms. The Balaban J connectivity index is 2.39. The fourth-order valence-electron chi connectivity index (χ4n) is 2.46. The Morgan fingerprint density at radius 3 is 1.84 bits per heavy atom. The van der Waals surface area contributed by atoms with E-state index in [-0.39, 0.29) is 11.8 Å². The van der Waals surface area contributed by atoms with Crippen LogP contribution in [0.5, 0.6) is 0 Å². The van der Waals surface area contributed by atoms with E-state index in [0.717, 1.165) is 25.9 Å². The third kappa shape index (κ3) is 5.19. The molecule has 1 aliphatic heterocycles. The second-order valence-electron chi connectivity index (χ2n) is 5.16. The Bertz CT molecular complexity index is 293. The van der Waals surface area contributed by atoms with Crippen LogP contribution in [-0.4, -0.2) is 72.3 Å². The van der Waals surface area contributed by atoms with Crippen molar-refractivity contribution in [2.45, 2.75) is 33.6 Å². The molecule has 1 heterocycles. The second-order valence-corrected chi connectivity index (χ2v) is 5.16. The SMILES string of the molecule is CCCN(CCC)CC(=O)N1CCN(C(C)=O)CC1. The molecule has 0 radical (unpaired) electrons. The number of amides is 2. The average molecular weight is 269 g/mol. The first-order chi connectivity index (χ1) is 9.08. The van der Waals surface area contributed by atoms with Crippen molar-refractivity contribution >= 4 is 11.8 Å². The van der Waals surface area contributed by atoms with Crippen LogP contribution in [0.25, 0.3) is 0 Å². The molecule has 0 aromatic rings. The van der Waals surface area contributed by atoms with Crippen molar-refractivity contribution in [1.29, 1.82) is 0 Å². The van der Waals surface area contributed by atoms with Crippen molar-refractivity contribution in [3.63, 3.8) is 0 Å². The molecule has 0 unspecified atom stereocenters. The lowest BCUT2D eigenvalue weighted by Crippen LogP contribution is -2.52. The van der Waals surface area contributed by atoms with Gasteiger partial charge in [-0.05, 0) is 25.9 Å². The van der Waals surface area contributed by atoms with Gasteiger partial charge in [-0.3, -0.25) is 14.5 Å². The van der Waals surface area contributed by atoms with Gasteiger partial charge >= 0.3 is 0 Å². The lowest BCUT2D eigenvalue weighted by molar-refractivity contribution is -0.139. The summed E-state index contributed by atoms with van der Waals surface area (Å²) in [4.78, 5) is 29.4. The summed E-state index contributed by atoms with van der Waals surface area (Å²) in [6, 6.07) is 0. The van der Waals surface area contributed by atoms with Crippen molar-refractivity contribution in [2.24, 2.45) is 0 Å².